The largest absolute Gasteiger partial charge is 0.464 e. The van der Waals surface area contributed by atoms with Crippen molar-refractivity contribution in [3.05, 3.63) is 35.9 Å². The number of benzene rings is 1. The molecule has 0 bridgehead atoms. The van der Waals surface area contributed by atoms with Crippen molar-refractivity contribution in [2.45, 2.75) is 90.5 Å². The van der Waals surface area contributed by atoms with E-state index in [9.17, 15) is 14.4 Å². The van der Waals surface area contributed by atoms with E-state index < -0.39 is 12.0 Å². The van der Waals surface area contributed by atoms with Crippen molar-refractivity contribution in [2.75, 3.05) is 6.61 Å². The zero-order valence-corrected chi connectivity index (χ0v) is 18.1. The molecule has 0 aliphatic heterocycles. The molecule has 0 heterocycles. The van der Waals surface area contributed by atoms with Crippen molar-refractivity contribution in [1.29, 1.82) is 0 Å². The summed E-state index contributed by atoms with van der Waals surface area (Å²) in [5, 5.41) is 2.69. The molecular formula is C24H37NO4. The number of amides is 1. The Labute approximate surface area is 175 Å². The molecule has 5 nitrogen and oxygen atoms in total. The average Bonchev–Trinajstić information content (AvgIpc) is 2.72. The maximum atomic E-state index is 12.4. The first-order valence-corrected chi connectivity index (χ1v) is 11.1. The van der Waals surface area contributed by atoms with Gasteiger partial charge in [0.05, 0.1) is 6.61 Å². The number of rotatable bonds is 16. The monoisotopic (exact) mass is 403 g/mol. The van der Waals surface area contributed by atoms with E-state index in [0.717, 1.165) is 19.3 Å². The lowest BCUT2D eigenvalue weighted by Crippen LogP contribution is -2.43. The summed E-state index contributed by atoms with van der Waals surface area (Å²) in [4.78, 5) is 36.8. The van der Waals surface area contributed by atoms with E-state index in [-0.39, 0.29) is 24.7 Å². The van der Waals surface area contributed by atoms with E-state index in [1.54, 1.807) is 31.2 Å². The van der Waals surface area contributed by atoms with Gasteiger partial charge in [-0.1, -0.05) is 88.6 Å². The first kappa shape index (κ1) is 24.9. The van der Waals surface area contributed by atoms with Crippen LogP contribution < -0.4 is 5.32 Å². The Morgan fingerprint density at radius 2 is 1.45 bits per heavy atom. The van der Waals surface area contributed by atoms with E-state index in [4.69, 9.17) is 4.74 Å². The van der Waals surface area contributed by atoms with Gasteiger partial charge < -0.3 is 10.1 Å². The molecule has 1 N–H and O–H groups in total. The van der Waals surface area contributed by atoms with Crippen molar-refractivity contribution < 1.29 is 19.1 Å². The number of nitrogens with one attached hydrogen (secondary N) is 1. The van der Waals surface area contributed by atoms with Crippen LogP contribution >= 0.6 is 0 Å². The molecule has 1 aromatic carbocycles. The molecule has 29 heavy (non-hydrogen) atoms. The van der Waals surface area contributed by atoms with Crippen LogP contribution in [-0.2, 0) is 14.3 Å². The van der Waals surface area contributed by atoms with E-state index in [0.29, 0.717) is 12.0 Å². The summed E-state index contributed by atoms with van der Waals surface area (Å²) in [6, 6.07) is 7.84. The van der Waals surface area contributed by atoms with E-state index in [1.807, 2.05) is 6.07 Å². The quantitative estimate of drug-likeness (QED) is 0.233. The van der Waals surface area contributed by atoms with Crippen LogP contribution in [0.2, 0.25) is 0 Å². The van der Waals surface area contributed by atoms with Gasteiger partial charge in [0.25, 0.3) is 0 Å². The number of ether oxygens (including phenoxy) is 1. The van der Waals surface area contributed by atoms with Crippen molar-refractivity contribution >= 4 is 17.7 Å². The van der Waals surface area contributed by atoms with Gasteiger partial charge in [0.2, 0.25) is 5.91 Å². The van der Waals surface area contributed by atoms with Gasteiger partial charge in [0.1, 0.15) is 6.04 Å². The molecular weight excluding hydrogens is 366 g/mol. The summed E-state index contributed by atoms with van der Waals surface area (Å²) >= 11 is 0. The summed E-state index contributed by atoms with van der Waals surface area (Å²) < 4.78 is 5.03. The number of Topliss-reactive ketones (excluding diaryl/α,β-unsaturated/α-hetero) is 1. The molecule has 0 saturated heterocycles. The lowest BCUT2D eigenvalue weighted by atomic mass is 10.0. The molecule has 1 atom stereocenters. The Kier molecular flexibility index (Phi) is 13.5. The Morgan fingerprint density at radius 3 is 2.03 bits per heavy atom. The van der Waals surface area contributed by atoms with E-state index in [2.05, 4.69) is 12.2 Å². The first-order chi connectivity index (χ1) is 14.1. The normalized spacial score (nSPS) is 11.7. The van der Waals surface area contributed by atoms with Gasteiger partial charge in [-0.3, -0.25) is 9.59 Å². The van der Waals surface area contributed by atoms with Gasteiger partial charge in [-0.25, -0.2) is 4.79 Å². The summed E-state index contributed by atoms with van der Waals surface area (Å²) in [5.74, 6) is -0.948. The smallest absolute Gasteiger partial charge is 0.329 e. The maximum Gasteiger partial charge on any atom is 0.329 e. The van der Waals surface area contributed by atoms with Gasteiger partial charge >= 0.3 is 5.97 Å². The highest BCUT2D eigenvalue weighted by Gasteiger charge is 2.25. The fraction of sp³-hybridized carbons (Fsp3) is 0.625. The second kappa shape index (κ2) is 15.7. The van der Waals surface area contributed by atoms with Crippen LogP contribution in [0, 0.1) is 0 Å². The molecule has 0 aromatic heterocycles. The highest BCUT2D eigenvalue weighted by atomic mass is 16.5. The van der Waals surface area contributed by atoms with Gasteiger partial charge in [-0.05, 0) is 13.3 Å². The summed E-state index contributed by atoms with van der Waals surface area (Å²) in [5.41, 5.74) is 0.523. The van der Waals surface area contributed by atoms with Gasteiger partial charge in [0, 0.05) is 18.4 Å². The Morgan fingerprint density at radius 1 is 0.862 bits per heavy atom. The number of carbonyl (C=O) groups is 3. The SMILES string of the molecule is CCCCCCCCCCCC(=O)N[C@H](CC(=O)c1ccccc1)C(=O)OCC. The van der Waals surface area contributed by atoms with Gasteiger partial charge in [-0.15, -0.1) is 0 Å². The van der Waals surface area contributed by atoms with Crippen molar-refractivity contribution in [3.8, 4) is 0 Å². The van der Waals surface area contributed by atoms with Crippen LogP contribution in [0.3, 0.4) is 0 Å². The molecule has 0 fully saturated rings. The minimum absolute atomic E-state index is 0.0909. The molecule has 0 radical (unpaired) electrons. The zero-order valence-electron chi connectivity index (χ0n) is 18.1. The molecule has 0 saturated carbocycles. The molecule has 0 aliphatic carbocycles. The van der Waals surface area contributed by atoms with Crippen molar-refractivity contribution in [2.24, 2.45) is 0 Å². The van der Waals surface area contributed by atoms with Crippen LogP contribution in [0.15, 0.2) is 30.3 Å². The number of hydrogen-bond donors (Lipinski definition) is 1. The summed E-state index contributed by atoms with van der Waals surface area (Å²) in [6.45, 7) is 4.14. The van der Waals surface area contributed by atoms with Gasteiger partial charge in [0.15, 0.2) is 5.78 Å². The predicted molar refractivity (Wildman–Crippen MR) is 116 cm³/mol. The molecule has 1 amide bonds. The second-order valence-corrected chi connectivity index (χ2v) is 7.44. The minimum Gasteiger partial charge on any atom is -0.464 e. The summed E-state index contributed by atoms with van der Waals surface area (Å²) in [6.07, 6.45) is 10.9. The number of hydrogen-bond acceptors (Lipinski definition) is 4. The third-order valence-corrected chi connectivity index (χ3v) is 4.90. The maximum absolute atomic E-state index is 12.4. The minimum atomic E-state index is -0.936. The van der Waals surface area contributed by atoms with Crippen LogP contribution in [0.4, 0.5) is 0 Å². The third kappa shape index (κ3) is 11.4. The molecule has 0 aliphatic rings. The average molecular weight is 404 g/mol. The van der Waals surface area contributed by atoms with Crippen LogP contribution in [0.5, 0.6) is 0 Å². The Balaban J connectivity index is 2.35. The Bertz CT molecular complexity index is 600. The first-order valence-electron chi connectivity index (χ1n) is 11.1. The molecule has 1 rings (SSSR count). The molecule has 1 aromatic rings. The van der Waals surface area contributed by atoms with Crippen molar-refractivity contribution in [1.82, 2.24) is 5.32 Å². The topological polar surface area (TPSA) is 72.5 Å². The fourth-order valence-electron chi connectivity index (χ4n) is 3.23. The zero-order chi connectivity index (χ0) is 21.3. The third-order valence-electron chi connectivity index (χ3n) is 4.90. The number of ketones is 1. The number of carbonyl (C=O) groups excluding carboxylic acids is 3. The lowest BCUT2D eigenvalue weighted by molar-refractivity contribution is -0.147. The number of esters is 1. The molecule has 0 unspecified atom stereocenters. The predicted octanol–water partition coefficient (Wildman–Crippen LogP) is 5.23. The van der Waals surface area contributed by atoms with Gasteiger partial charge in [-0.2, -0.15) is 0 Å². The van der Waals surface area contributed by atoms with E-state index in [1.165, 1.54) is 38.5 Å². The summed E-state index contributed by atoms with van der Waals surface area (Å²) in [7, 11) is 0. The fourth-order valence-corrected chi connectivity index (χ4v) is 3.23. The van der Waals surface area contributed by atoms with E-state index >= 15 is 0 Å². The highest BCUT2D eigenvalue weighted by Crippen LogP contribution is 2.11. The van der Waals surface area contributed by atoms with Crippen LogP contribution in [0.1, 0.15) is 94.8 Å². The van der Waals surface area contributed by atoms with Crippen molar-refractivity contribution in [3.63, 3.8) is 0 Å². The second-order valence-electron chi connectivity index (χ2n) is 7.44. The number of unbranched alkanes of at least 4 members (excludes halogenated alkanes) is 8. The Hall–Kier alpha value is -2.17. The standard InChI is InChI=1S/C24H37NO4/c1-3-5-6-7-8-9-10-11-15-18-23(27)25-21(24(28)29-4-2)19-22(26)20-16-13-12-14-17-20/h12-14,16-17,21H,3-11,15,18-19H2,1-2H3,(H,25,27)/t21-/m1/s1. The highest BCUT2D eigenvalue weighted by molar-refractivity contribution is 5.99. The lowest BCUT2D eigenvalue weighted by Gasteiger charge is -2.17. The molecule has 162 valence electrons. The van der Waals surface area contributed by atoms with Crippen LogP contribution in [0.25, 0.3) is 0 Å². The van der Waals surface area contributed by atoms with Crippen LogP contribution in [-0.4, -0.2) is 30.3 Å². The molecule has 5 heteroatoms. The molecule has 0 spiro atoms.